The number of benzene rings is 2. The number of para-hydroxylation sites is 2. The summed E-state index contributed by atoms with van der Waals surface area (Å²) >= 11 is 0. The highest BCUT2D eigenvalue weighted by Crippen LogP contribution is 2.25. The predicted octanol–water partition coefficient (Wildman–Crippen LogP) is 2.37. The second-order valence-electron chi connectivity index (χ2n) is 7.77. The van der Waals surface area contributed by atoms with Crippen LogP contribution in [0.1, 0.15) is 11.1 Å². The van der Waals surface area contributed by atoms with Gasteiger partial charge in [-0.15, -0.1) is 0 Å². The molecule has 9 nitrogen and oxygen atoms in total. The Kier molecular flexibility index (Phi) is 6.60. The second kappa shape index (κ2) is 9.74. The minimum atomic E-state index is -0.636. The Labute approximate surface area is 191 Å². The van der Waals surface area contributed by atoms with Gasteiger partial charge in [-0.1, -0.05) is 18.2 Å². The minimum absolute atomic E-state index is 0.128. The Morgan fingerprint density at radius 3 is 2.67 bits per heavy atom. The van der Waals surface area contributed by atoms with Gasteiger partial charge in [-0.25, -0.2) is 9.69 Å². The molecule has 2 heterocycles. The number of aryl methyl sites for hydroxylation is 1. The monoisotopic (exact) mass is 450 g/mol. The lowest BCUT2D eigenvalue weighted by molar-refractivity contribution is -0.127. The van der Waals surface area contributed by atoms with E-state index in [1.54, 1.807) is 30.3 Å². The van der Waals surface area contributed by atoms with Crippen LogP contribution in [0.15, 0.2) is 48.2 Å². The van der Waals surface area contributed by atoms with Crippen molar-refractivity contribution in [3.8, 4) is 5.75 Å². The number of anilines is 2. The number of methoxy groups -OCH3 is 1. The van der Waals surface area contributed by atoms with Crippen molar-refractivity contribution < 1.29 is 23.9 Å². The molecule has 2 N–H and O–H groups in total. The number of hydrogen-bond donors (Lipinski definition) is 2. The summed E-state index contributed by atoms with van der Waals surface area (Å²) in [5.41, 5.74) is 3.56. The number of hydrogen-bond acceptors (Lipinski definition) is 6. The SMILES string of the molecule is COc1ccccc1NC(=O)CN1C(=O)N/C(=C/c2ccc(N3CCOCC3)c(C)c2)C1=O. The number of imide groups is 1. The van der Waals surface area contributed by atoms with Crippen molar-refractivity contribution in [3.05, 3.63) is 59.3 Å². The molecule has 0 saturated carbocycles. The third kappa shape index (κ3) is 4.98. The fourth-order valence-corrected chi connectivity index (χ4v) is 3.89. The number of nitrogens with zero attached hydrogens (tertiary/aromatic N) is 2. The molecule has 0 radical (unpaired) electrons. The molecule has 0 bridgehead atoms. The summed E-state index contributed by atoms with van der Waals surface area (Å²) in [7, 11) is 1.49. The highest BCUT2D eigenvalue weighted by Gasteiger charge is 2.35. The zero-order valence-corrected chi connectivity index (χ0v) is 18.6. The molecule has 2 aromatic rings. The van der Waals surface area contributed by atoms with E-state index >= 15 is 0 Å². The number of nitrogens with one attached hydrogen (secondary N) is 2. The fourth-order valence-electron chi connectivity index (χ4n) is 3.89. The van der Waals surface area contributed by atoms with Crippen molar-refractivity contribution in [2.24, 2.45) is 0 Å². The van der Waals surface area contributed by atoms with Gasteiger partial charge in [0.2, 0.25) is 5.91 Å². The standard InChI is InChI=1S/C24H26N4O5/c1-16-13-17(7-8-20(16)27-9-11-33-12-10-27)14-19-23(30)28(24(31)26-19)15-22(29)25-18-5-3-4-6-21(18)32-2/h3-8,13-14H,9-12,15H2,1-2H3,(H,25,29)(H,26,31)/b19-14+. The lowest BCUT2D eigenvalue weighted by Crippen LogP contribution is -2.38. The van der Waals surface area contributed by atoms with E-state index in [1.807, 2.05) is 25.1 Å². The zero-order valence-electron chi connectivity index (χ0n) is 18.6. The maximum Gasteiger partial charge on any atom is 0.329 e. The summed E-state index contributed by atoms with van der Waals surface area (Å²) in [5.74, 6) is -0.570. The summed E-state index contributed by atoms with van der Waals surface area (Å²) in [6.07, 6.45) is 1.62. The first-order chi connectivity index (χ1) is 16.0. The molecule has 2 aliphatic rings. The number of rotatable bonds is 6. The molecular weight excluding hydrogens is 424 g/mol. The van der Waals surface area contributed by atoms with Crippen LogP contribution in [0, 0.1) is 6.92 Å². The summed E-state index contributed by atoms with van der Waals surface area (Å²) in [4.78, 5) is 40.7. The van der Waals surface area contributed by atoms with Crippen molar-refractivity contribution in [2.45, 2.75) is 6.92 Å². The molecular formula is C24H26N4O5. The van der Waals surface area contributed by atoms with Crippen molar-refractivity contribution in [2.75, 3.05) is 50.2 Å². The van der Waals surface area contributed by atoms with E-state index < -0.39 is 24.4 Å². The van der Waals surface area contributed by atoms with E-state index in [0.717, 1.165) is 34.8 Å². The van der Waals surface area contributed by atoms with Crippen molar-refractivity contribution in [3.63, 3.8) is 0 Å². The predicted molar refractivity (Wildman–Crippen MR) is 124 cm³/mol. The lowest BCUT2D eigenvalue weighted by atomic mass is 10.1. The van der Waals surface area contributed by atoms with Crippen LogP contribution in [0.2, 0.25) is 0 Å². The first-order valence-corrected chi connectivity index (χ1v) is 10.7. The Morgan fingerprint density at radius 2 is 1.94 bits per heavy atom. The largest absolute Gasteiger partial charge is 0.495 e. The van der Waals surface area contributed by atoms with Gasteiger partial charge < -0.3 is 25.0 Å². The average Bonchev–Trinajstić information content (AvgIpc) is 3.07. The summed E-state index contributed by atoms with van der Waals surface area (Å²) in [5, 5.41) is 5.23. The number of amides is 4. The lowest BCUT2D eigenvalue weighted by Gasteiger charge is -2.30. The van der Waals surface area contributed by atoms with Gasteiger partial charge in [0.25, 0.3) is 5.91 Å². The molecule has 4 amide bonds. The normalized spacial score (nSPS) is 17.3. The van der Waals surface area contributed by atoms with Gasteiger partial charge in [-0.3, -0.25) is 9.59 Å². The van der Waals surface area contributed by atoms with Crippen molar-refractivity contribution in [1.29, 1.82) is 0 Å². The molecule has 2 aromatic carbocycles. The van der Waals surface area contributed by atoms with Crippen molar-refractivity contribution >= 4 is 35.3 Å². The molecule has 33 heavy (non-hydrogen) atoms. The van der Waals surface area contributed by atoms with Crippen LogP contribution in [-0.4, -0.2) is 62.7 Å². The zero-order chi connectivity index (χ0) is 23.4. The summed E-state index contributed by atoms with van der Waals surface area (Å²) in [6.45, 7) is 4.67. The van der Waals surface area contributed by atoms with Crippen LogP contribution >= 0.6 is 0 Å². The van der Waals surface area contributed by atoms with Crippen LogP contribution in [0.4, 0.5) is 16.2 Å². The van der Waals surface area contributed by atoms with E-state index in [-0.39, 0.29) is 5.70 Å². The Hall–Kier alpha value is -3.85. The Bertz CT molecular complexity index is 1110. The first-order valence-electron chi connectivity index (χ1n) is 10.7. The van der Waals surface area contributed by atoms with E-state index in [2.05, 4.69) is 15.5 Å². The van der Waals surface area contributed by atoms with E-state index in [4.69, 9.17) is 9.47 Å². The minimum Gasteiger partial charge on any atom is -0.495 e. The van der Waals surface area contributed by atoms with Crippen LogP contribution < -0.4 is 20.3 Å². The quantitative estimate of drug-likeness (QED) is 0.518. The van der Waals surface area contributed by atoms with Crippen LogP contribution in [0.3, 0.4) is 0 Å². The van der Waals surface area contributed by atoms with Crippen molar-refractivity contribution in [1.82, 2.24) is 10.2 Å². The second-order valence-corrected chi connectivity index (χ2v) is 7.77. The van der Waals surface area contributed by atoms with E-state index in [9.17, 15) is 14.4 Å². The summed E-state index contributed by atoms with van der Waals surface area (Å²) in [6, 6.07) is 12.1. The number of morpholine rings is 1. The van der Waals surface area contributed by atoms with Crippen LogP contribution in [0.5, 0.6) is 5.75 Å². The summed E-state index contributed by atoms with van der Waals surface area (Å²) < 4.78 is 10.6. The fraction of sp³-hybridized carbons (Fsp3) is 0.292. The highest BCUT2D eigenvalue weighted by molar-refractivity contribution is 6.16. The highest BCUT2D eigenvalue weighted by atomic mass is 16.5. The molecule has 0 spiro atoms. The molecule has 0 atom stereocenters. The molecule has 2 aliphatic heterocycles. The molecule has 0 aromatic heterocycles. The third-order valence-corrected chi connectivity index (χ3v) is 5.53. The number of carbonyl (C=O) groups is 3. The van der Waals surface area contributed by atoms with Gasteiger partial charge in [0.05, 0.1) is 26.0 Å². The number of urea groups is 1. The maximum absolute atomic E-state index is 12.8. The number of ether oxygens (including phenoxy) is 2. The average molecular weight is 450 g/mol. The van der Waals surface area contributed by atoms with Gasteiger partial charge >= 0.3 is 6.03 Å². The maximum atomic E-state index is 12.8. The molecule has 2 saturated heterocycles. The van der Waals surface area contributed by atoms with Gasteiger partial charge in [-0.05, 0) is 48.4 Å². The first kappa shape index (κ1) is 22.3. The smallest absolute Gasteiger partial charge is 0.329 e. The van der Waals surface area contributed by atoms with E-state index in [0.29, 0.717) is 24.7 Å². The molecule has 9 heteroatoms. The van der Waals surface area contributed by atoms with E-state index in [1.165, 1.54) is 7.11 Å². The topological polar surface area (TPSA) is 100 Å². The molecule has 0 aliphatic carbocycles. The Morgan fingerprint density at radius 1 is 1.18 bits per heavy atom. The van der Waals surface area contributed by atoms with Crippen LogP contribution in [-0.2, 0) is 14.3 Å². The molecule has 172 valence electrons. The van der Waals surface area contributed by atoms with Gasteiger partial charge in [0.1, 0.15) is 18.0 Å². The van der Waals surface area contributed by atoms with Gasteiger partial charge in [0, 0.05) is 18.8 Å². The molecule has 4 rings (SSSR count). The third-order valence-electron chi connectivity index (χ3n) is 5.53. The van der Waals surface area contributed by atoms with Crippen LogP contribution in [0.25, 0.3) is 6.08 Å². The number of carbonyl (C=O) groups excluding carboxylic acids is 3. The Balaban J connectivity index is 1.44. The van der Waals surface area contributed by atoms with Gasteiger partial charge in [0.15, 0.2) is 0 Å². The molecule has 2 fully saturated rings. The molecule has 0 unspecified atom stereocenters. The van der Waals surface area contributed by atoms with Gasteiger partial charge in [-0.2, -0.15) is 0 Å².